The normalized spacial score (nSPS) is 18.9. The minimum atomic E-state index is 0.0762. The Bertz CT molecular complexity index is 450. The molecule has 2 N–H and O–H groups in total. The summed E-state index contributed by atoms with van der Waals surface area (Å²) >= 11 is 6.34. The molecule has 1 aliphatic rings. The van der Waals surface area contributed by atoms with Crippen molar-refractivity contribution in [1.29, 1.82) is 0 Å². The molecular formula is C14H20ClNO. The fourth-order valence-corrected chi connectivity index (χ4v) is 3.03. The van der Waals surface area contributed by atoms with Crippen LogP contribution in [-0.2, 0) is 5.41 Å². The van der Waals surface area contributed by atoms with Gasteiger partial charge >= 0.3 is 0 Å². The van der Waals surface area contributed by atoms with E-state index in [2.05, 4.69) is 19.9 Å². The number of rotatable bonds is 3. The number of hydrogen-bond donors (Lipinski definition) is 1. The van der Waals surface area contributed by atoms with E-state index in [-0.39, 0.29) is 11.5 Å². The summed E-state index contributed by atoms with van der Waals surface area (Å²) in [6.07, 6.45) is 2.25. The van der Waals surface area contributed by atoms with E-state index in [1.54, 1.807) is 7.11 Å². The Labute approximate surface area is 108 Å². The number of nitrogens with two attached hydrogens (primary N) is 1. The van der Waals surface area contributed by atoms with Gasteiger partial charge in [-0.2, -0.15) is 0 Å². The quantitative estimate of drug-likeness (QED) is 0.897. The Morgan fingerprint density at radius 1 is 1.35 bits per heavy atom. The van der Waals surface area contributed by atoms with E-state index in [1.165, 1.54) is 11.1 Å². The third kappa shape index (κ3) is 1.84. The lowest BCUT2D eigenvalue weighted by Gasteiger charge is -2.26. The van der Waals surface area contributed by atoms with Gasteiger partial charge in [-0.25, -0.2) is 0 Å². The van der Waals surface area contributed by atoms with Gasteiger partial charge in [-0.3, -0.25) is 0 Å². The Morgan fingerprint density at radius 3 is 2.35 bits per heavy atom. The second-order valence-corrected chi connectivity index (χ2v) is 5.56. The highest BCUT2D eigenvalue weighted by Crippen LogP contribution is 2.56. The number of methoxy groups -OCH3 is 1. The van der Waals surface area contributed by atoms with Crippen LogP contribution in [0.4, 0.5) is 0 Å². The highest BCUT2D eigenvalue weighted by molar-refractivity contribution is 6.33. The van der Waals surface area contributed by atoms with Crippen molar-refractivity contribution in [1.82, 2.24) is 0 Å². The van der Waals surface area contributed by atoms with Crippen molar-refractivity contribution < 1.29 is 4.74 Å². The molecule has 1 fully saturated rings. The molecule has 1 atom stereocenters. The molecule has 1 saturated carbocycles. The molecule has 0 radical (unpaired) electrons. The standard InChI is InChI=1S/C14H20ClNO/c1-8-7-9(2)12(15)13(17-4)11(8)14(5-6-14)10(3)16/h7,10H,5-6,16H2,1-4H3. The average Bonchev–Trinajstić information content (AvgIpc) is 3.04. The van der Waals surface area contributed by atoms with E-state index in [0.29, 0.717) is 0 Å². The van der Waals surface area contributed by atoms with E-state index in [0.717, 1.165) is 29.2 Å². The molecule has 3 heteroatoms. The lowest BCUT2D eigenvalue weighted by Crippen LogP contribution is -2.32. The molecule has 0 heterocycles. The van der Waals surface area contributed by atoms with E-state index in [4.69, 9.17) is 22.1 Å². The average molecular weight is 254 g/mol. The van der Waals surface area contributed by atoms with Gasteiger partial charge in [0.1, 0.15) is 5.75 Å². The summed E-state index contributed by atoms with van der Waals surface area (Å²) in [5.74, 6) is 0.818. The van der Waals surface area contributed by atoms with Crippen LogP contribution < -0.4 is 10.5 Å². The van der Waals surface area contributed by atoms with E-state index < -0.39 is 0 Å². The molecule has 1 aliphatic carbocycles. The number of halogens is 1. The van der Waals surface area contributed by atoms with Gasteiger partial charge in [-0.05, 0) is 44.7 Å². The van der Waals surface area contributed by atoms with Crippen LogP contribution in [0.5, 0.6) is 5.75 Å². The van der Waals surface area contributed by atoms with Crippen molar-refractivity contribution in [2.75, 3.05) is 7.11 Å². The Balaban J connectivity index is 2.65. The van der Waals surface area contributed by atoms with Crippen LogP contribution in [-0.4, -0.2) is 13.2 Å². The summed E-state index contributed by atoms with van der Waals surface area (Å²) in [6.45, 7) is 6.19. The first-order chi connectivity index (χ1) is 7.94. The highest BCUT2D eigenvalue weighted by Gasteiger charge is 2.50. The van der Waals surface area contributed by atoms with Crippen molar-refractivity contribution in [3.8, 4) is 5.75 Å². The maximum atomic E-state index is 6.34. The van der Waals surface area contributed by atoms with E-state index >= 15 is 0 Å². The van der Waals surface area contributed by atoms with Crippen LogP contribution in [0.2, 0.25) is 5.02 Å². The molecular weight excluding hydrogens is 234 g/mol. The lowest BCUT2D eigenvalue weighted by molar-refractivity contribution is 0.397. The SMILES string of the molecule is COc1c(Cl)c(C)cc(C)c1C1(C(C)N)CC1. The molecule has 1 aromatic carbocycles. The van der Waals surface area contributed by atoms with Gasteiger partial charge in [0, 0.05) is 17.0 Å². The Morgan fingerprint density at radius 2 is 1.94 bits per heavy atom. The number of ether oxygens (including phenoxy) is 1. The first kappa shape index (κ1) is 12.7. The third-order valence-corrected chi connectivity index (χ3v) is 4.43. The summed E-state index contributed by atoms with van der Waals surface area (Å²) in [4.78, 5) is 0. The smallest absolute Gasteiger partial charge is 0.141 e. The molecule has 2 rings (SSSR count). The van der Waals surface area contributed by atoms with Crippen LogP contribution in [0, 0.1) is 13.8 Å². The minimum Gasteiger partial charge on any atom is -0.495 e. The molecule has 0 aromatic heterocycles. The van der Waals surface area contributed by atoms with E-state index in [9.17, 15) is 0 Å². The Hall–Kier alpha value is -0.730. The molecule has 1 unspecified atom stereocenters. The number of benzene rings is 1. The molecule has 0 spiro atoms. The second kappa shape index (κ2) is 4.18. The zero-order valence-electron chi connectivity index (χ0n) is 10.9. The van der Waals surface area contributed by atoms with Crippen LogP contribution >= 0.6 is 11.6 Å². The molecule has 0 aliphatic heterocycles. The van der Waals surface area contributed by atoms with Crippen molar-refractivity contribution in [3.63, 3.8) is 0 Å². The fourth-order valence-electron chi connectivity index (χ4n) is 2.81. The maximum absolute atomic E-state index is 6.34. The van der Waals surface area contributed by atoms with Crippen LogP contribution in [0.1, 0.15) is 36.5 Å². The number of aryl methyl sites for hydroxylation is 2. The molecule has 0 bridgehead atoms. The van der Waals surface area contributed by atoms with Gasteiger partial charge in [0.2, 0.25) is 0 Å². The van der Waals surface area contributed by atoms with Crippen molar-refractivity contribution in [3.05, 3.63) is 27.8 Å². The number of hydrogen-bond acceptors (Lipinski definition) is 2. The molecule has 2 nitrogen and oxygen atoms in total. The molecule has 17 heavy (non-hydrogen) atoms. The van der Waals surface area contributed by atoms with Crippen LogP contribution in [0.3, 0.4) is 0 Å². The summed E-state index contributed by atoms with van der Waals surface area (Å²) in [7, 11) is 1.68. The van der Waals surface area contributed by atoms with Crippen LogP contribution in [0.25, 0.3) is 0 Å². The van der Waals surface area contributed by atoms with Crippen molar-refractivity contribution in [2.45, 2.75) is 45.1 Å². The van der Waals surface area contributed by atoms with E-state index in [1.807, 2.05) is 6.92 Å². The molecule has 94 valence electrons. The van der Waals surface area contributed by atoms with Gasteiger partial charge < -0.3 is 10.5 Å². The van der Waals surface area contributed by atoms with Crippen molar-refractivity contribution >= 4 is 11.6 Å². The maximum Gasteiger partial charge on any atom is 0.141 e. The second-order valence-electron chi connectivity index (χ2n) is 5.18. The van der Waals surface area contributed by atoms with Crippen LogP contribution in [0.15, 0.2) is 6.07 Å². The summed E-state index contributed by atoms with van der Waals surface area (Å²) in [6, 6.07) is 2.26. The largest absolute Gasteiger partial charge is 0.495 e. The Kier molecular flexibility index (Phi) is 3.13. The first-order valence-corrected chi connectivity index (χ1v) is 6.41. The van der Waals surface area contributed by atoms with Gasteiger partial charge in [-0.15, -0.1) is 0 Å². The molecule has 0 amide bonds. The predicted molar refractivity (Wildman–Crippen MR) is 72.0 cm³/mol. The summed E-state index contributed by atoms with van der Waals surface area (Å²) < 4.78 is 5.53. The minimum absolute atomic E-state index is 0.0762. The topological polar surface area (TPSA) is 35.2 Å². The predicted octanol–water partition coefficient (Wildman–Crippen LogP) is 3.34. The highest BCUT2D eigenvalue weighted by atomic mass is 35.5. The van der Waals surface area contributed by atoms with Crippen molar-refractivity contribution in [2.24, 2.45) is 5.73 Å². The zero-order valence-corrected chi connectivity index (χ0v) is 11.7. The summed E-state index contributed by atoms with van der Waals surface area (Å²) in [5.41, 5.74) is 9.73. The monoisotopic (exact) mass is 253 g/mol. The van der Waals surface area contributed by atoms with Gasteiger partial charge in [0.15, 0.2) is 0 Å². The zero-order chi connectivity index (χ0) is 12.8. The molecule has 1 aromatic rings. The fraction of sp³-hybridized carbons (Fsp3) is 0.571. The van der Waals surface area contributed by atoms with Gasteiger partial charge in [0.25, 0.3) is 0 Å². The first-order valence-electron chi connectivity index (χ1n) is 6.04. The lowest BCUT2D eigenvalue weighted by atomic mass is 9.85. The third-order valence-electron chi connectivity index (χ3n) is 3.96. The van der Waals surface area contributed by atoms with Gasteiger partial charge in [0.05, 0.1) is 12.1 Å². The molecule has 0 saturated heterocycles. The summed E-state index contributed by atoms with van der Waals surface area (Å²) in [5, 5.41) is 0.722. The van der Waals surface area contributed by atoms with Gasteiger partial charge in [-0.1, -0.05) is 17.7 Å².